The summed E-state index contributed by atoms with van der Waals surface area (Å²) < 4.78 is 33.1. The Kier molecular flexibility index (Phi) is 5.85. The van der Waals surface area contributed by atoms with Gasteiger partial charge in [-0.05, 0) is 25.5 Å². The number of anilines is 1. The molecular formula is C17H18N2O6S2. The quantitative estimate of drug-likeness (QED) is 0.720. The average Bonchev–Trinajstić information content (AvgIpc) is 3.17. The van der Waals surface area contributed by atoms with Gasteiger partial charge in [0.2, 0.25) is 0 Å². The Morgan fingerprint density at radius 3 is 2.81 bits per heavy atom. The molecule has 2 heterocycles. The largest absolute Gasteiger partial charge is 0.452 e. The number of carbonyl (C=O) groups is 2. The number of rotatable bonds is 6. The van der Waals surface area contributed by atoms with Crippen LogP contribution in [0.15, 0.2) is 39.8 Å². The van der Waals surface area contributed by atoms with Crippen molar-refractivity contribution in [2.24, 2.45) is 0 Å². The number of nitrogens with one attached hydrogen (secondary N) is 1. The van der Waals surface area contributed by atoms with Crippen molar-refractivity contribution in [2.45, 2.75) is 23.5 Å². The molecule has 27 heavy (non-hydrogen) atoms. The number of carbonyl (C=O) groups excluding carboxylic acids is 2. The number of amides is 1. The molecule has 144 valence electrons. The minimum absolute atomic E-state index is 0.0948. The third kappa shape index (κ3) is 5.33. The molecule has 1 atom stereocenters. The average molecular weight is 410 g/mol. The number of benzene rings is 1. The number of thioether (sulfide) groups is 1. The molecule has 1 aromatic carbocycles. The van der Waals surface area contributed by atoms with Crippen LogP contribution in [-0.4, -0.2) is 48.8 Å². The van der Waals surface area contributed by atoms with E-state index in [1.807, 2.05) is 0 Å². The fourth-order valence-electron chi connectivity index (χ4n) is 2.58. The maximum Gasteiger partial charge on any atom is 0.339 e. The van der Waals surface area contributed by atoms with Crippen molar-refractivity contribution in [1.82, 2.24) is 5.16 Å². The van der Waals surface area contributed by atoms with E-state index in [1.165, 1.54) is 11.8 Å². The van der Waals surface area contributed by atoms with Crippen LogP contribution >= 0.6 is 11.8 Å². The number of nitrogens with zero attached hydrogens (tertiary/aromatic N) is 1. The summed E-state index contributed by atoms with van der Waals surface area (Å²) in [5.74, 6) is -0.136. The van der Waals surface area contributed by atoms with Gasteiger partial charge in [0.05, 0.1) is 17.1 Å². The minimum Gasteiger partial charge on any atom is -0.452 e. The van der Waals surface area contributed by atoms with E-state index in [0.717, 1.165) is 0 Å². The maximum absolute atomic E-state index is 12.4. The van der Waals surface area contributed by atoms with Crippen molar-refractivity contribution in [2.75, 3.05) is 23.4 Å². The van der Waals surface area contributed by atoms with E-state index in [2.05, 4.69) is 10.5 Å². The molecule has 0 aliphatic carbocycles. The van der Waals surface area contributed by atoms with Crippen molar-refractivity contribution >= 4 is 39.3 Å². The molecule has 1 amide bonds. The Labute approximate surface area is 160 Å². The fourth-order valence-corrected chi connectivity index (χ4v) is 6.20. The SMILES string of the molecule is Cc1cc(NC(=O)COC(=O)c2ccccc2S[C@@H]2CCS(=O)(=O)C2)no1. The van der Waals surface area contributed by atoms with E-state index >= 15 is 0 Å². The van der Waals surface area contributed by atoms with Crippen molar-refractivity contribution in [1.29, 1.82) is 0 Å². The molecule has 0 saturated carbocycles. The first-order chi connectivity index (χ1) is 12.8. The Morgan fingerprint density at radius 1 is 1.37 bits per heavy atom. The molecule has 0 unspecified atom stereocenters. The highest BCUT2D eigenvalue weighted by Gasteiger charge is 2.29. The monoisotopic (exact) mass is 410 g/mol. The van der Waals surface area contributed by atoms with Crippen LogP contribution in [-0.2, 0) is 19.4 Å². The van der Waals surface area contributed by atoms with Gasteiger partial charge in [0.1, 0.15) is 5.76 Å². The van der Waals surface area contributed by atoms with Gasteiger partial charge < -0.3 is 14.6 Å². The highest BCUT2D eigenvalue weighted by Crippen LogP contribution is 2.33. The van der Waals surface area contributed by atoms with Crippen molar-refractivity contribution in [3.8, 4) is 0 Å². The molecule has 0 bridgehead atoms. The lowest BCUT2D eigenvalue weighted by molar-refractivity contribution is -0.119. The summed E-state index contributed by atoms with van der Waals surface area (Å²) in [4.78, 5) is 24.8. The van der Waals surface area contributed by atoms with Gasteiger partial charge in [0.25, 0.3) is 5.91 Å². The first-order valence-corrected chi connectivity index (χ1v) is 10.9. The molecule has 3 rings (SSSR count). The summed E-state index contributed by atoms with van der Waals surface area (Å²) in [7, 11) is -3.00. The number of sulfone groups is 1. The van der Waals surface area contributed by atoms with E-state index in [4.69, 9.17) is 9.26 Å². The summed E-state index contributed by atoms with van der Waals surface area (Å²) in [6.45, 7) is 1.22. The van der Waals surface area contributed by atoms with Gasteiger partial charge in [-0.25, -0.2) is 13.2 Å². The lowest BCUT2D eigenvalue weighted by Crippen LogP contribution is -2.21. The fraction of sp³-hybridized carbons (Fsp3) is 0.353. The van der Waals surface area contributed by atoms with Crippen LogP contribution in [0.5, 0.6) is 0 Å². The lowest BCUT2D eigenvalue weighted by atomic mass is 10.2. The van der Waals surface area contributed by atoms with Crippen LogP contribution in [0.4, 0.5) is 5.82 Å². The molecule has 1 fully saturated rings. The Hall–Kier alpha value is -2.33. The van der Waals surface area contributed by atoms with Crippen LogP contribution in [0, 0.1) is 6.92 Å². The van der Waals surface area contributed by atoms with Gasteiger partial charge in [0, 0.05) is 16.2 Å². The Morgan fingerprint density at radius 2 is 2.15 bits per heavy atom. The normalized spacial score (nSPS) is 18.2. The first-order valence-electron chi connectivity index (χ1n) is 8.19. The first kappa shape index (κ1) is 19.4. The van der Waals surface area contributed by atoms with Crippen molar-refractivity contribution in [3.05, 3.63) is 41.7 Å². The summed E-state index contributed by atoms with van der Waals surface area (Å²) >= 11 is 1.35. The zero-order valence-electron chi connectivity index (χ0n) is 14.5. The van der Waals surface area contributed by atoms with Gasteiger partial charge in [-0.15, -0.1) is 11.8 Å². The van der Waals surface area contributed by atoms with E-state index in [1.54, 1.807) is 37.3 Å². The van der Waals surface area contributed by atoms with Gasteiger partial charge in [-0.2, -0.15) is 0 Å². The predicted octanol–water partition coefficient (Wildman–Crippen LogP) is 2.06. The number of aromatic nitrogens is 1. The maximum atomic E-state index is 12.4. The summed E-state index contributed by atoms with van der Waals surface area (Å²) in [5.41, 5.74) is 0.303. The molecule has 1 aliphatic heterocycles. The van der Waals surface area contributed by atoms with Gasteiger partial charge in [0.15, 0.2) is 22.3 Å². The van der Waals surface area contributed by atoms with Crippen LogP contribution in [0.25, 0.3) is 0 Å². The number of esters is 1. The van der Waals surface area contributed by atoms with E-state index in [0.29, 0.717) is 22.6 Å². The second kappa shape index (κ2) is 8.13. The van der Waals surface area contributed by atoms with Crippen molar-refractivity contribution < 1.29 is 27.3 Å². The van der Waals surface area contributed by atoms with Gasteiger partial charge in [-0.1, -0.05) is 17.3 Å². The highest BCUT2D eigenvalue weighted by atomic mass is 32.2. The molecule has 1 saturated heterocycles. The molecule has 0 radical (unpaired) electrons. The number of hydrogen-bond donors (Lipinski definition) is 1. The van der Waals surface area contributed by atoms with E-state index in [-0.39, 0.29) is 22.6 Å². The van der Waals surface area contributed by atoms with Crippen LogP contribution in [0.1, 0.15) is 22.5 Å². The molecular weight excluding hydrogens is 392 g/mol. The standard InChI is InChI=1S/C17H18N2O6S2/c1-11-8-15(19-25-11)18-16(20)9-24-17(21)13-4-2-3-5-14(13)26-12-6-7-27(22,23)10-12/h2-5,8,12H,6-7,9-10H2,1H3,(H,18,19,20)/t12-/m1/s1. The van der Waals surface area contributed by atoms with Crippen LogP contribution in [0.2, 0.25) is 0 Å². The van der Waals surface area contributed by atoms with Crippen molar-refractivity contribution in [3.63, 3.8) is 0 Å². The van der Waals surface area contributed by atoms with E-state index in [9.17, 15) is 18.0 Å². The third-order valence-electron chi connectivity index (χ3n) is 3.82. The molecule has 1 aromatic heterocycles. The lowest BCUT2D eigenvalue weighted by Gasteiger charge is -2.12. The summed E-state index contributed by atoms with van der Waals surface area (Å²) in [5, 5.41) is 5.99. The molecule has 8 nitrogen and oxygen atoms in total. The molecule has 1 N–H and O–H groups in total. The smallest absolute Gasteiger partial charge is 0.339 e. The molecule has 10 heteroatoms. The van der Waals surface area contributed by atoms with E-state index < -0.39 is 28.3 Å². The summed E-state index contributed by atoms with van der Waals surface area (Å²) in [6, 6.07) is 8.32. The zero-order valence-corrected chi connectivity index (χ0v) is 16.1. The van der Waals surface area contributed by atoms with Gasteiger partial charge in [-0.3, -0.25) is 4.79 Å². The Balaban J connectivity index is 1.59. The van der Waals surface area contributed by atoms with Gasteiger partial charge >= 0.3 is 5.97 Å². The van der Waals surface area contributed by atoms with Crippen LogP contribution in [0.3, 0.4) is 0 Å². The second-order valence-electron chi connectivity index (χ2n) is 6.09. The second-order valence-corrected chi connectivity index (χ2v) is 9.66. The molecule has 0 spiro atoms. The topological polar surface area (TPSA) is 116 Å². The zero-order chi connectivity index (χ0) is 19.4. The Bertz CT molecular complexity index is 954. The molecule has 2 aromatic rings. The predicted molar refractivity (Wildman–Crippen MR) is 99.5 cm³/mol. The number of hydrogen-bond acceptors (Lipinski definition) is 8. The minimum atomic E-state index is -3.00. The third-order valence-corrected chi connectivity index (χ3v) is 7.15. The number of ether oxygens (including phenoxy) is 1. The number of aryl methyl sites for hydroxylation is 1. The molecule has 1 aliphatic rings. The highest BCUT2D eigenvalue weighted by molar-refractivity contribution is 8.02. The van der Waals surface area contributed by atoms with Crippen LogP contribution < -0.4 is 5.32 Å². The summed E-state index contributed by atoms with van der Waals surface area (Å²) in [6.07, 6.45) is 0.551.